The predicted molar refractivity (Wildman–Crippen MR) is 66.3 cm³/mol. The van der Waals surface area contributed by atoms with E-state index in [1.165, 1.54) is 0 Å². The minimum atomic E-state index is -2.74. The van der Waals surface area contributed by atoms with Crippen molar-refractivity contribution >= 4 is 17.9 Å². The first-order chi connectivity index (χ1) is 10.2. The Bertz CT molecular complexity index is 324. The molecule has 0 aromatic carbocycles. The van der Waals surface area contributed by atoms with Gasteiger partial charge in [-0.1, -0.05) is 5.64 Å². The van der Waals surface area contributed by atoms with Crippen molar-refractivity contribution < 1.29 is 54.7 Å². The molecular formula is C10H19NO11. The summed E-state index contributed by atoms with van der Waals surface area (Å²) in [5, 5.41) is 50.1. The Morgan fingerprint density at radius 2 is 1.23 bits per heavy atom. The van der Waals surface area contributed by atoms with E-state index < -0.39 is 36.4 Å². The van der Waals surface area contributed by atoms with Crippen LogP contribution in [0.25, 0.3) is 0 Å². The molecule has 0 aliphatic heterocycles. The van der Waals surface area contributed by atoms with Crippen LogP contribution < -0.4 is 5.64 Å². The highest BCUT2D eigenvalue weighted by Crippen LogP contribution is 2.15. The minimum Gasteiger partial charge on any atom is -0.481 e. The van der Waals surface area contributed by atoms with Gasteiger partial charge in [0.1, 0.15) is 0 Å². The van der Waals surface area contributed by atoms with E-state index in [0.29, 0.717) is 0 Å². The third-order valence-corrected chi connectivity index (χ3v) is 1.79. The van der Waals surface area contributed by atoms with Gasteiger partial charge in [-0.3, -0.25) is 19.3 Å². The largest absolute Gasteiger partial charge is 0.481 e. The Labute approximate surface area is 124 Å². The lowest BCUT2D eigenvalue weighted by Gasteiger charge is -2.18. The van der Waals surface area contributed by atoms with E-state index in [0.717, 1.165) is 0 Å². The molecule has 0 amide bonds. The Kier molecular flexibility index (Phi) is 13.1. The number of rotatable bonds is 11. The zero-order valence-corrected chi connectivity index (χ0v) is 11.5. The second kappa shape index (κ2) is 12.9. The fraction of sp³-hybridized carbons (Fsp3) is 0.700. The van der Waals surface area contributed by atoms with Gasteiger partial charge in [0, 0.05) is 0 Å². The maximum atomic E-state index is 10.3. The zero-order chi connectivity index (χ0) is 17.6. The molecule has 130 valence electrons. The molecule has 0 rings (SSSR count). The minimum absolute atomic E-state index is 0.0600. The van der Waals surface area contributed by atoms with Crippen LogP contribution in [0.2, 0.25) is 0 Å². The molecule has 7 N–H and O–H groups in total. The van der Waals surface area contributed by atoms with Gasteiger partial charge in [0.15, 0.2) is 5.60 Å². The van der Waals surface area contributed by atoms with Gasteiger partial charge in [0.05, 0.1) is 39.3 Å². The van der Waals surface area contributed by atoms with E-state index in [-0.39, 0.29) is 26.4 Å². The highest BCUT2D eigenvalue weighted by Gasteiger charge is 2.40. The summed E-state index contributed by atoms with van der Waals surface area (Å²) in [6.07, 6.45) is -2.29. The number of carboxylic acid groups (broad SMARTS) is 3. The summed E-state index contributed by atoms with van der Waals surface area (Å²) < 4.78 is 0. The molecule has 0 heterocycles. The highest BCUT2D eigenvalue weighted by molar-refractivity contribution is 5.88. The molecule has 0 spiro atoms. The van der Waals surface area contributed by atoms with Crippen LogP contribution in [-0.2, 0) is 24.1 Å². The van der Waals surface area contributed by atoms with Crippen LogP contribution in [0.3, 0.4) is 0 Å². The van der Waals surface area contributed by atoms with E-state index in [1.54, 1.807) is 0 Å². The lowest BCUT2D eigenvalue weighted by Crippen LogP contribution is -2.42. The lowest BCUT2D eigenvalue weighted by molar-refractivity contribution is -0.178. The second-order valence-corrected chi connectivity index (χ2v) is 3.71. The molecule has 22 heavy (non-hydrogen) atoms. The van der Waals surface area contributed by atoms with Gasteiger partial charge in [0.2, 0.25) is 0 Å². The summed E-state index contributed by atoms with van der Waals surface area (Å²) in [5.74, 6) is -5.02. The Balaban J connectivity index is 0. The first-order valence-electron chi connectivity index (χ1n) is 5.79. The van der Waals surface area contributed by atoms with Crippen LogP contribution in [0.15, 0.2) is 0 Å². The molecule has 0 atom stereocenters. The van der Waals surface area contributed by atoms with Crippen LogP contribution in [0.1, 0.15) is 12.8 Å². The van der Waals surface area contributed by atoms with E-state index in [2.05, 4.69) is 15.3 Å². The monoisotopic (exact) mass is 329 g/mol. The molecule has 12 heteroatoms. The third-order valence-electron chi connectivity index (χ3n) is 1.79. The first kappa shape index (κ1) is 22.5. The van der Waals surface area contributed by atoms with Crippen molar-refractivity contribution in [3.8, 4) is 0 Å². The smallest absolute Gasteiger partial charge is 0.336 e. The van der Waals surface area contributed by atoms with Crippen molar-refractivity contribution in [1.29, 1.82) is 0 Å². The van der Waals surface area contributed by atoms with Crippen LogP contribution in [0.5, 0.6) is 0 Å². The van der Waals surface area contributed by atoms with Crippen molar-refractivity contribution in [2.75, 3.05) is 26.4 Å². The topological polar surface area (TPSA) is 203 Å². The lowest BCUT2D eigenvalue weighted by atomic mass is 9.96. The number of nitrogens with one attached hydrogen (secondary N) is 1. The normalized spacial score (nSPS) is 10.5. The molecule has 0 aromatic rings. The summed E-state index contributed by atoms with van der Waals surface area (Å²) in [7, 11) is 0. The van der Waals surface area contributed by atoms with Crippen molar-refractivity contribution in [2.24, 2.45) is 0 Å². The molecule has 0 bridgehead atoms. The summed E-state index contributed by atoms with van der Waals surface area (Å²) in [5.41, 5.74) is -0.671. The molecular weight excluding hydrogens is 310 g/mol. The van der Waals surface area contributed by atoms with Crippen LogP contribution in [0, 0.1) is 0 Å². The Morgan fingerprint density at radius 3 is 1.45 bits per heavy atom. The molecule has 0 aliphatic carbocycles. The summed E-state index contributed by atoms with van der Waals surface area (Å²) in [6, 6.07) is 0. The van der Waals surface area contributed by atoms with E-state index in [9.17, 15) is 14.4 Å². The maximum Gasteiger partial charge on any atom is 0.336 e. The summed E-state index contributed by atoms with van der Waals surface area (Å²) in [6.45, 7) is 0.224. The van der Waals surface area contributed by atoms with Crippen molar-refractivity contribution in [3.63, 3.8) is 0 Å². The first-order valence-corrected chi connectivity index (χ1v) is 5.79. The second-order valence-electron chi connectivity index (χ2n) is 3.71. The van der Waals surface area contributed by atoms with Crippen LogP contribution >= 0.6 is 0 Å². The molecule has 0 aromatic heterocycles. The van der Waals surface area contributed by atoms with E-state index in [1.807, 2.05) is 0 Å². The molecule has 0 fully saturated rings. The number of aliphatic carboxylic acids is 3. The van der Waals surface area contributed by atoms with Gasteiger partial charge in [0.25, 0.3) is 0 Å². The molecule has 0 aliphatic rings. The average Bonchev–Trinajstić information content (AvgIpc) is 2.37. The number of hydrogen-bond donors (Lipinski definition) is 7. The maximum absolute atomic E-state index is 10.3. The Hall–Kier alpha value is -1.83. The SMILES string of the molecule is O=C(O)CC(O)(CC(=O)O)C(=O)O.OCCONOCCO. The number of carboxylic acids is 3. The number of carbonyl (C=O) groups is 3. The molecule has 0 radical (unpaired) electrons. The van der Waals surface area contributed by atoms with Gasteiger partial charge in [-0.25, -0.2) is 4.79 Å². The van der Waals surface area contributed by atoms with Crippen molar-refractivity contribution in [3.05, 3.63) is 0 Å². The van der Waals surface area contributed by atoms with Gasteiger partial charge in [-0.2, -0.15) is 0 Å². The number of aliphatic hydroxyl groups is 3. The fourth-order valence-corrected chi connectivity index (χ4v) is 0.930. The fourth-order valence-electron chi connectivity index (χ4n) is 0.930. The third kappa shape index (κ3) is 13.2. The van der Waals surface area contributed by atoms with Crippen molar-refractivity contribution in [2.45, 2.75) is 18.4 Å². The van der Waals surface area contributed by atoms with Crippen LogP contribution in [0.4, 0.5) is 0 Å². The number of hydrogen-bond acceptors (Lipinski definition) is 9. The molecule has 0 unspecified atom stereocenters. The zero-order valence-electron chi connectivity index (χ0n) is 11.5. The van der Waals surface area contributed by atoms with Gasteiger partial charge >= 0.3 is 17.9 Å². The van der Waals surface area contributed by atoms with E-state index >= 15 is 0 Å². The Morgan fingerprint density at radius 1 is 0.864 bits per heavy atom. The molecule has 12 nitrogen and oxygen atoms in total. The van der Waals surface area contributed by atoms with Gasteiger partial charge in [-0.05, 0) is 0 Å². The highest BCUT2D eigenvalue weighted by atomic mass is 16.9. The number of aliphatic hydroxyl groups excluding tert-OH is 2. The quantitative estimate of drug-likeness (QED) is 0.151. The standard InChI is InChI=1S/C6H8O7.C4H11NO4/c7-3(8)1-6(13,5(11)12)2-4(9)10;6-1-3-8-5-9-4-2-7/h13H,1-2H2,(H,7,8)(H,9,10)(H,11,12);5-7H,1-4H2. The van der Waals surface area contributed by atoms with E-state index in [4.69, 9.17) is 30.6 Å². The van der Waals surface area contributed by atoms with Crippen LogP contribution in [-0.4, -0.2) is 80.6 Å². The average molecular weight is 329 g/mol. The van der Waals surface area contributed by atoms with Gasteiger partial charge < -0.3 is 30.6 Å². The van der Waals surface area contributed by atoms with Gasteiger partial charge in [-0.15, -0.1) is 0 Å². The summed E-state index contributed by atoms with van der Waals surface area (Å²) >= 11 is 0. The molecule has 0 saturated carbocycles. The summed E-state index contributed by atoms with van der Waals surface area (Å²) in [4.78, 5) is 39.4. The van der Waals surface area contributed by atoms with Crippen molar-refractivity contribution in [1.82, 2.24) is 5.64 Å². The molecule has 0 saturated heterocycles. The predicted octanol–water partition coefficient (Wildman–Crippen LogP) is -2.82.